The van der Waals surface area contributed by atoms with Crippen LogP contribution in [0.1, 0.15) is 45.3 Å². The Morgan fingerprint density at radius 1 is 1.41 bits per heavy atom. The lowest BCUT2D eigenvalue weighted by molar-refractivity contribution is -0.0289. The van der Waals surface area contributed by atoms with Gasteiger partial charge in [0.05, 0.1) is 0 Å². The summed E-state index contributed by atoms with van der Waals surface area (Å²) in [6.07, 6.45) is 5.47. The highest BCUT2D eigenvalue weighted by atomic mass is 16.7. The van der Waals surface area contributed by atoms with Gasteiger partial charge in [-0.05, 0) is 43.0 Å². The van der Waals surface area contributed by atoms with E-state index < -0.39 is 12.4 Å². The van der Waals surface area contributed by atoms with Gasteiger partial charge in [0, 0.05) is 0 Å². The van der Waals surface area contributed by atoms with Crippen LogP contribution in [0, 0.1) is 0 Å². The largest absolute Gasteiger partial charge is 0.510 e. The zero-order valence-corrected chi connectivity index (χ0v) is 9.78. The molecule has 2 rings (SSSR count). The number of nitrogens with zero attached hydrogens (tertiary/aromatic N) is 4. The first kappa shape index (κ1) is 11.8. The summed E-state index contributed by atoms with van der Waals surface area (Å²) in [6.45, 7) is 1.68. The number of aromatic nitrogens is 4. The van der Waals surface area contributed by atoms with E-state index >= 15 is 0 Å². The van der Waals surface area contributed by atoms with Crippen molar-refractivity contribution >= 4 is 6.16 Å². The van der Waals surface area contributed by atoms with Gasteiger partial charge in [-0.1, -0.05) is 6.42 Å². The highest BCUT2D eigenvalue weighted by Crippen LogP contribution is 2.21. The van der Waals surface area contributed by atoms with Crippen LogP contribution in [0.4, 0.5) is 4.79 Å². The minimum atomic E-state index is -0.653. The number of carbonyl (C=O) groups is 1. The van der Waals surface area contributed by atoms with E-state index in [1.54, 1.807) is 6.92 Å². The van der Waals surface area contributed by atoms with E-state index in [0.29, 0.717) is 0 Å². The van der Waals surface area contributed by atoms with Crippen LogP contribution in [-0.4, -0.2) is 32.5 Å². The molecule has 1 aliphatic rings. The second-order valence-electron chi connectivity index (χ2n) is 4.13. The number of carbonyl (C=O) groups excluding carboxylic acids is 1. The average molecular weight is 240 g/mol. The van der Waals surface area contributed by atoms with Gasteiger partial charge in [0.2, 0.25) is 0 Å². The third-order valence-corrected chi connectivity index (χ3v) is 2.82. The molecule has 1 aromatic rings. The standard InChI is InChI=1S/C10H16N4O3/c1-8(14-7-11-12-13-14)16-10(15)17-9-5-3-2-4-6-9/h7-9H,2-6H2,1H3. The van der Waals surface area contributed by atoms with E-state index in [1.807, 2.05) is 0 Å². The highest BCUT2D eigenvalue weighted by Gasteiger charge is 2.20. The molecule has 1 fully saturated rings. The van der Waals surface area contributed by atoms with Crippen LogP contribution in [0.5, 0.6) is 0 Å². The number of ether oxygens (including phenoxy) is 2. The number of rotatable bonds is 3. The van der Waals surface area contributed by atoms with E-state index in [4.69, 9.17) is 9.47 Å². The Bertz CT molecular complexity index is 348. The minimum absolute atomic E-state index is 0.00248. The molecule has 1 unspecified atom stereocenters. The van der Waals surface area contributed by atoms with Crippen LogP contribution in [0.15, 0.2) is 6.33 Å². The Morgan fingerprint density at radius 2 is 2.18 bits per heavy atom. The monoisotopic (exact) mass is 240 g/mol. The van der Waals surface area contributed by atoms with Crippen LogP contribution >= 0.6 is 0 Å². The zero-order valence-electron chi connectivity index (χ0n) is 9.78. The first-order valence-corrected chi connectivity index (χ1v) is 5.85. The molecule has 0 aliphatic heterocycles. The second kappa shape index (κ2) is 5.60. The molecule has 0 spiro atoms. The predicted molar refractivity (Wildman–Crippen MR) is 57.0 cm³/mol. The summed E-state index contributed by atoms with van der Waals surface area (Å²) in [4.78, 5) is 11.5. The van der Waals surface area contributed by atoms with Crippen molar-refractivity contribution in [2.75, 3.05) is 0 Å². The Labute approximate surface area is 99.1 Å². The van der Waals surface area contributed by atoms with Crippen LogP contribution in [0.3, 0.4) is 0 Å². The van der Waals surface area contributed by atoms with Gasteiger partial charge in [-0.3, -0.25) is 0 Å². The average Bonchev–Trinajstić information content (AvgIpc) is 2.83. The molecule has 94 valence electrons. The van der Waals surface area contributed by atoms with Crippen molar-refractivity contribution in [2.45, 2.75) is 51.4 Å². The van der Waals surface area contributed by atoms with Gasteiger partial charge in [-0.25, -0.2) is 4.79 Å². The molecule has 0 radical (unpaired) electrons. The van der Waals surface area contributed by atoms with Crippen molar-refractivity contribution in [3.8, 4) is 0 Å². The molecular weight excluding hydrogens is 224 g/mol. The SMILES string of the molecule is CC(OC(=O)OC1CCCCC1)n1cnnn1. The van der Waals surface area contributed by atoms with Gasteiger partial charge in [0.25, 0.3) is 0 Å². The van der Waals surface area contributed by atoms with Crippen molar-refractivity contribution in [1.82, 2.24) is 20.2 Å². The summed E-state index contributed by atoms with van der Waals surface area (Å²) in [6, 6.07) is 0. The Balaban J connectivity index is 1.76. The smallest absolute Gasteiger partial charge is 0.431 e. The summed E-state index contributed by atoms with van der Waals surface area (Å²) in [5.74, 6) is 0. The maximum absolute atomic E-state index is 11.5. The Hall–Kier alpha value is -1.66. The molecular formula is C10H16N4O3. The van der Waals surface area contributed by atoms with Gasteiger partial charge in [0.1, 0.15) is 12.4 Å². The summed E-state index contributed by atoms with van der Waals surface area (Å²) < 4.78 is 11.6. The maximum Gasteiger partial charge on any atom is 0.510 e. The van der Waals surface area contributed by atoms with Crippen LogP contribution < -0.4 is 0 Å². The van der Waals surface area contributed by atoms with Gasteiger partial charge in [-0.15, -0.1) is 5.10 Å². The first-order chi connectivity index (χ1) is 8.25. The summed E-state index contributed by atoms with van der Waals surface area (Å²) in [5, 5.41) is 10.6. The molecule has 1 atom stereocenters. The zero-order chi connectivity index (χ0) is 12.1. The number of hydrogen-bond acceptors (Lipinski definition) is 6. The Kier molecular flexibility index (Phi) is 3.89. The lowest BCUT2D eigenvalue weighted by Crippen LogP contribution is -2.23. The Morgan fingerprint density at radius 3 is 2.82 bits per heavy atom. The van der Waals surface area contributed by atoms with Crippen molar-refractivity contribution in [2.24, 2.45) is 0 Å². The summed E-state index contributed by atoms with van der Waals surface area (Å²) >= 11 is 0. The molecule has 0 bridgehead atoms. The van der Waals surface area contributed by atoms with Crippen molar-refractivity contribution in [3.05, 3.63) is 6.33 Å². The minimum Gasteiger partial charge on any atom is -0.431 e. The fourth-order valence-corrected chi connectivity index (χ4v) is 1.88. The molecule has 1 saturated carbocycles. The van der Waals surface area contributed by atoms with Gasteiger partial charge in [0.15, 0.2) is 6.23 Å². The molecule has 0 N–H and O–H groups in total. The fraction of sp³-hybridized carbons (Fsp3) is 0.800. The van der Waals surface area contributed by atoms with E-state index in [1.165, 1.54) is 17.4 Å². The fourth-order valence-electron chi connectivity index (χ4n) is 1.88. The molecule has 7 heteroatoms. The molecule has 0 saturated heterocycles. The number of hydrogen-bond donors (Lipinski definition) is 0. The van der Waals surface area contributed by atoms with Crippen LogP contribution in [-0.2, 0) is 9.47 Å². The highest BCUT2D eigenvalue weighted by molar-refractivity contribution is 5.60. The molecule has 1 aromatic heterocycles. The molecule has 7 nitrogen and oxygen atoms in total. The molecule has 17 heavy (non-hydrogen) atoms. The maximum atomic E-state index is 11.5. The lowest BCUT2D eigenvalue weighted by atomic mass is 9.98. The van der Waals surface area contributed by atoms with E-state index in [2.05, 4.69) is 15.5 Å². The summed E-state index contributed by atoms with van der Waals surface area (Å²) in [7, 11) is 0. The molecule has 0 amide bonds. The van der Waals surface area contributed by atoms with E-state index in [-0.39, 0.29) is 6.10 Å². The van der Waals surface area contributed by atoms with Crippen molar-refractivity contribution < 1.29 is 14.3 Å². The first-order valence-electron chi connectivity index (χ1n) is 5.85. The van der Waals surface area contributed by atoms with E-state index in [0.717, 1.165) is 25.7 Å². The summed E-state index contributed by atoms with van der Waals surface area (Å²) in [5.41, 5.74) is 0. The quantitative estimate of drug-likeness (QED) is 0.748. The molecule has 1 heterocycles. The van der Waals surface area contributed by atoms with Crippen molar-refractivity contribution in [3.63, 3.8) is 0 Å². The third kappa shape index (κ3) is 3.40. The van der Waals surface area contributed by atoms with Crippen LogP contribution in [0.2, 0.25) is 0 Å². The van der Waals surface area contributed by atoms with Gasteiger partial charge in [-0.2, -0.15) is 4.68 Å². The molecule has 0 aromatic carbocycles. The van der Waals surface area contributed by atoms with Gasteiger partial charge < -0.3 is 9.47 Å². The predicted octanol–water partition coefficient (Wildman–Crippen LogP) is 1.68. The second-order valence-corrected chi connectivity index (χ2v) is 4.13. The normalized spacial score (nSPS) is 18.6. The lowest BCUT2D eigenvalue weighted by Gasteiger charge is -2.22. The topological polar surface area (TPSA) is 79.1 Å². The molecule has 1 aliphatic carbocycles. The van der Waals surface area contributed by atoms with Crippen molar-refractivity contribution in [1.29, 1.82) is 0 Å². The van der Waals surface area contributed by atoms with Crippen LogP contribution in [0.25, 0.3) is 0 Å². The van der Waals surface area contributed by atoms with Gasteiger partial charge >= 0.3 is 6.16 Å². The third-order valence-electron chi connectivity index (χ3n) is 2.82. The van der Waals surface area contributed by atoms with E-state index in [9.17, 15) is 4.79 Å². The number of tetrazole rings is 1.